The molecule has 0 saturated carbocycles. The Balaban J connectivity index is 2.28. The molecule has 1 fully saturated rings. The number of rotatable bonds is 2. The van der Waals surface area contributed by atoms with Crippen LogP contribution in [0.2, 0.25) is 0 Å². The maximum atomic E-state index is 12.6. The number of likely N-dealkylation sites (tertiary alicyclic amines) is 1. The zero-order valence-corrected chi connectivity index (χ0v) is 11.9. The number of para-hydroxylation sites is 1. The van der Waals surface area contributed by atoms with E-state index in [1.54, 1.807) is 36.2 Å². The molecule has 1 aliphatic heterocycles. The molecule has 1 heterocycles. The van der Waals surface area contributed by atoms with E-state index in [0.29, 0.717) is 24.3 Å². The van der Waals surface area contributed by atoms with Gasteiger partial charge < -0.3 is 14.9 Å². The van der Waals surface area contributed by atoms with E-state index in [9.17, 15) is 14.7 Å². The van der Waals surface area contributed by atoms with E-state index in [2.05, 4.69) is 0 Å². The molecule has 1 aliphatic rings. The van der Waals surface area contributed by atoms with E-state index in [4.69, 9.17) is 0 Å². The van der Waals surface area contributed by atoms with E-state index in [1.165, 1.54) is 11.8 Å². The molecular weight excluding hydrogens is 256 g/mol. The van der Waals surface area contributed by atoms with Gasteiger partial charge in [-0.1, -0.05) is 12.1 Å². The number of anilines is 1. The third kappa shape index (κ3) is 2.99. The van der Waals surface area contributed by atoms with E-state index in [1.807, 2.05) is 0 Å². The number of amides is 2. The van der Waals surface area contributed by atoms with Gasteiger partial charge in [-0.25, -0.2) is 0 Å². The van der Waals surface area contributed by atoms with Crippen molar-refractivity contribution in [2.75, 3.05) is 25.0 Å². The monoisotopic (exact) mass is 276 g/mol. The second-order valence-corrected chi connectivity index (χ2v) is 5.14. The SMILES string of the molecule is CC(=O)N(C)c1ccccc1C(=O)N1CCC[C@H](O)C1. The largest absolute Gasteiger partial charge is 0.391 e. The van der Waals surface area contributed by atoms with Crippen LogP contribution >= 0.6 is 0 Å². The highest BCUT2D eigenvalue weighted by molar-refractivity contribution is 6.04. The van der Waals surface area contributed by atoms with Crippen LogP contribution in [0, 0.1) is 0 Å². The van der Waals surface area contributed by atoms with Crippen LogP contribution in [0.15, 0.2) is 24.3 Å². The van der Waals surface area contributed by atoms with Crippen molar-refractivity contribution < 1.29 is 14.7 Å². The Kier molecular flexibility index (Phi) is 4.39. The van der Waals surface area contributed by atoms with Gasteiger partial charge in [0.2, 0.25) is 5.91 Å². The zero-order valence-electron chi connectivity index (χ0n) is 11.9. The molecule has 1 saturated heterocycles. The minimum absolute atomic E-state index is 0.121. The lowest BCUT2D eigenvalue weighted by Crippen LogP contribution is -2.42. The molecule has 108 valence electrons. The van der Waals surface area contributed by atoms with E-state index in [-0.39, 0.29) is 11.8 Å². The molecule has 0 unspecified atom stereocenters. The van der Waals surface area contributed by atoms with E-state index < -0.39 is 6.10 Å². The Morgan fingerprint density at radius 3 is 2.70 bits per heavy atom. The first-order chi connectivity index (χ1) is 9.50. The van der Waals surface area contributed by atoms with E-state index in [0.717, 1.165) is 12.8 Å². The van der Waals surface area contributed by atoms with Crippen molar-refractivity contribution in [2.45, 2.75) is 25.9 Å². The van der Waals surface area contributed by atoms with E-state index >= 15 is 0 Å². The Morgan fingerprint density at radius 2 is 2.05 bits per heavy atom. The summed E-state index contributed by atoms with van der Waals surface area (Å²) in [6, 6.07) is 7.06. The highest BCUT2D eigenvalue weighted by Gasteiger charge is 2.25. The number of hydrogen-bond donors (Lipinski definition) is 1. The molecule has 0 radical (unpaired) electrons. The third-order valence-corrected chi connectivity index (χ3v) is 3.65. The number of piperidine rings is 1. The van der Waals surface area contributed by atoms with Crippen LogP contribution in [0.25, 0.3) is 0 Å². The number of β-amino-alcohol motifs (C(OH)–C–C–N with tert-alkyl or cyclic N) is 1. The Labute approximate surface area is 118 Å². The Morgan fingerprint density at radius 1 is 1.35 bits per heavy atom. The van der Waals surface area contributed by atoms with Gasteiger partial charge in [-0.3, -0.25) is 9.59 Å². The molecule has 1 N–H and O–H groups in total. The molecule has 5 nitrogen and oxygen atoms in total. The smallest absolute Gasteiger partial charge is 0.256 e. The maximum absolute atomic E-state index is 12.6. The summed E-state index contributed by atoms with van der Waals surface area (Å²) in [4.78, 5) is 27.2. The summed E-state index contributed by atoms with van der Waals surface area (Å²) in [6.07, 6.45) is 1.08. The van der Waals surface area contributed by atoms with Gasteiger partial charge >= 0.3 is 0 Å². The zero-order chi connectivity index (χ0) is 14.7. The highest BCUT2D eigenvalue weighted by atomic mass is 16.3. The van der Waals surface area contributed by atoms with Gasteiger partial charge in [-0.05, 0) is 25.0 Å². The summed E-state index contributed by atoms with van der Waals surface area (Å²) in [7, 11) is 1.65. The van der Waals surface area contributed by atoms with Crippen molar-refractivity contribution >= 4 is 17.5 Å². The summed E-state index contributed by atoms with van der Waals surface area (Å²) in [5.74, 6) is -0.253. The fraction of sp³-hybridized carbons (Fsp3) is 0.467. The number of benzene rings is 1. The summed E-state index contributed by atoms with van der Waals surface area (Å²) >= 11 is 0. The van der Waals surface area contributed by atoms with Gasteiger partial charge in [0.05, 0.1) is 17.4 Å². The van der Waals surface area contributed by atoms with Crippen molar-refractivity contribution in [2.24, 2.45) is 0 Å². The normalized spacial score (nSPS) is 18.8. The van der Waals surface area contributed by atoms with Crippen LogP contribution in [-0.4, -0.2) is 48.1 Å². The minimum Gasteiger partial charge on any atom is -0.391 e. The first kappa shape index (κ1) is 14.5. The number of nitrogens with zero attached hydrogens (tertiary/aromatic N) is 2. The second-order valence-electron chi connectivity index (χ2n) is 5.14. The van der Waals surface area contributed by atoms with Crippen molar-refractivity contribution in [3.8, 4) is 0 Å². The Bertz CT molecular complexity index is 516. The van der Waals surface area contributed by atoms with Crippen molar-refractivity contribution in [3.63, 3.8) is 0 Å². The number of carbonyl (C=O) groups is 2. The first-order valence-corrected chi connectivity index (χ1v) is 6.81. The summed E-state index contributed by atoms with van der Waals surface area (Å²) in [5, 5.41) is 9.68. The summed E-state index contributed by atoms with van der Waals surface area (Å²) < 4.78 is 0. The van der Waals surface area contributed by atoms with Gasteiger partial charge in [-0.15, -0.1) is 0 Å². The van der Waals surface area contributed by atoms with Crippen molar-refractivity contribution in [1.82, 2.24) is 4.90 Å². The van der Waals surface area contributed by atoms with Crippen LogP contribution in [0.3, 0.4) is 0 Å². The lowest BCUT2D eigenvalue weighted by molar-refractivity contribution is -0.116. The molecule has 20 heavy (non-hydrogen) atoms. The number of hydrogen-bond acceptors (Lipinski definition) is 3. The number of carbonyl (C=O) groups excluding carboxylic acids is 2. The fourth-order valence-electron chi connectivity index (χ4n) is 2.43. The lowest BCUT2D eigenvalue weighted by atomic mass is 10.1. The van der Waals surface area contributed by atoms with Gasteiger partial charge in [0.1, 0.15) is 0 Å². The molecule has 1 aromatic carbocycles. The third-order valence-electron chi connectivity index (χ3n) is 3.65. The maximum Gasteiger partial charge on any atom is 0.256 e. The summed E-state index contributed by atoms with van der Waals surface area (Å²) in [6.45, 7) is 2.47. The fourth-order valence-corrected chi connectivity index (χ4v) is 2.43. The summed E-state index contributed by atoms with van der Waals surface area (Å²) in [5.41, 5.74) is 1.10. The highest BCUT2D eigenvalue weighted by Crippen LogP contribution is 2.22. The van der Waals surface area contributed by atoms with Crippen LogP contribution in [0.4, 0.5) is 5.69 Å². The van der Waals surface area contributed by atoms with Crippen molar-refractivity contribution in [3.05, 3.63) is 29.8 Å². The first-order valence-electron chi connectivity index (χ1n) is 6.81. The number of aliphatic hydroxyl groups excluding tert-OH is 1. The second kappa shape index (κ2) is 6.05. The lowest BCUT2D eigenvalue weighted by Gasteiger charge is -2.31. The molecule has 0 spiro atoms. The predicted molar refractivity (Wildman–Crippen MR) is 76.7 cm³/mol. The Hall–Kier alpha value is -1.88. The molecule has 5 heteroatoms. The topological polar surface area (TPSA) is 60.9 Å². The number of aliphatic hydroxyl groups is 1. The molecular formula is C15H20N2O3. The van der Waals surface area contributed by atoms with Crippen LogP contribution in [-0.2, 0) is 4.79 Å². The molecule has 0 aromatic heterocycles. The molecule has 2 rings (SSSR count). The standard InChI is InChI=1S/C15H20N2O3/c1-11(18)16(2)14-8-4-3-7-13(14)15(20)17-9-5-6-12(19)10-17/h3-4,7-8,12,19H,5-6,9-10H2,1-2H3/t12-/m0/s1. The molecule has 0 aliphatic carbocycles. The van der Waals surface area contributed by atoms with Crippen LogP contribution in [0.1, 0.15) is 30.1 Å². The van der Waals surface area contributed by atoms with Gasteiger partial charge in [-0.2, -0.15) is 0 Å². The average Bonchev–Trinajstić information content (AvgIpc) is 2.45. The minimum atomic E-state index is -0.453. The van der Waals surface area contributed by atoms with Crippen molar-refractivity contribution in [1.29, 1.82) is 0 Å². The molecule has 0 bridgehead atoms. The predicted octanol–water partition coefficient (Wildman–Crippen LogP) is 1.27. The van der Waals surface area contributed by atoms with Gasteiger partial charge in [0, 0.05) is 27.1 Å². The quantitative estimate of drug-likeness (QED) is 0.884. The van der Waals surface area contributed by atoms with Crippen LogP contribution < -0.4 is 4.90 Å². The average molecular weight is 276 g/mol. The van der Waals surface area contributed by atoms with Gasteiger partial charge in [0.25, 0.3) is 5.91 Å². The molecule has 1 atom stereocenters. The molecule has 1 aromatic rings. The molecule has 2 amide bonds. The van der Waals surface area contributed by atoms with Gasteiger partial charge in [0.15, 0.2) is 0 Å². The van der Waals surface area contributed by atoms with Crippen LogP contribution in [0.5, 0.6) is 0 Å².